The van der Waals surface area contributed by atoms with E-state index in [1.54, 1.807) is 0 Å². The van der Waals surface area contributed by atoms with Crippen LogP contribution in [0.15, 0.2) is 0 Å². The van der Waals surface area contributed by atoms with Gasteiger partial charge >= 0.3 is 0 Å². The Hall–Kier alpha value is -0.610. The van der Waals surface area contributed by atoms with Crippen molar-refractivity contribution in [1.82, 2.24) is 10.2 Å². The van der Waals surface area contributed by atoms with Gasteiger partial charge < -0.3 is 15.0 Å². The zero-order valence-corrected chi connectivity index (χ0v) is 10.1. The summed E-state index contributed by atoms with van der Waals surface area (Å²) in [5.74, 6) is 0.226. The molecule has 1 aliphatic heterocycles. The summed E-state index contributed by atoms with van der Waals surface area (Å²) >= 11 is 0. The van der Waals surface area contributed by atoms with Gasteiger partial charge in [0.1, 0.15) is 0 Å². The molecular formula is C12H22N2O2. The second-order valence-electron chi connectivity index (χ2n) is 4.89. The first-order valence-corrected chi connectivity index (χ1v) is 6.34. The van der Waals surface area contributed by atoms with E-state index in [9.17, 15) is 4.79 Å². The van der Waals surface area contributed by atoms with E-state index in [2.05, 4.69) is 5.32 Å². The zero-order chi connectivity index (χ0) is 11.4. The maximum absolute atomic E-state index is 11.8. The molecule has 1 unspecified atom stereocenters. The molecule has 2 rings (SSSR count). The first-order valence-electron chi connectivity index (χ1n) is 6.34. The van der Waals surface area contributed by atoms with Crippen molar-refractivity contribution < 1.29 is 9.53 Å². The Morgan fingerprint density at radius 1 is 1.44 bits per heavy atom. The molecule has 2 aliphatic rings. The lowest BCUT2D eigenvalue weighted by molar-refractivity contribution is -0.131. The number of carbonyl (C=O) groups is 1. The summed E-state index contributed by atoms with van der Waals surface area (Å²) in [5, 5.41) is 3.36. The van der Waals surface area contributed by atoms with Crippen LogP contribution in [0.1, 0.15) is 32.1 Å². The molecule has 1 aliphatic carbocycles. The molecule has 0 aromatic heterocycles. The van der Waals surface area contributed by atoms with Crippen molar-refractivity contribution in [2.75, 3.05) is 26.7 Å². The minimum atomic E-state index is 0.226. The van der Waals surface area contributed by atoms with Crippen LogP contribution in [-0.4, -0.2) is 49.7 Å². The molecule has 0 spiro atoms. The molecule has 1 saturated carbocycles. The highest BCUT2D eigenvalue weighted by atomic mass is 16.5. The number of carbonyl (C=O) groups excluding carboxylic acids is 1. The molecule has 1 atom stereocenters. The maximum Gasteiger partial charge on any atom is 0.223 e. The van der Waals surface area contributed by atoms with Crippen LogP contribution in [0.5, 0.6) is 0 Å². The SMILES string of the molecule is CN(CC1CCCO1)C(=O)CCNC1CC1. The number of hydrogen-bond donors (Lipinski definition) is 1. The molecule has 4 nitrogen and oxygen atoms in total. The van der Waals surface area contributed by atoms with Crippen LogP contribution in [-0.2, 0) is 9.53 Å². The maximum atomic E-state index is 11.8. The minimum Gasteiger partial charge on any atom is -0.376 e. The Kier molecular flexibility index (Phi) is 4.18. The fourth-order valence-electron chi connectivity index (χ4n) is 2.06. The smallest absolute Gasteiger partial charge is 0.223 e. The van der Waals surface area contributed by atoms with Gasteiger partial charge in [0.05, 0.1) is 6.10 Å². The van der Waals surface area contributed by atoms with Crippen molar-refractivity contribution in [3.8, 4) is 0 Å². The largest absolute Gasteiger partial charge is 0.376 e. The van der Waals surface area contributed by atoms with Crippen LogP contribution in [0.3, 0.4) is 0 Å². The van der Waals surface area contributed by atoms with Crippen LogP contribution in [0.25, 0.3) is 0 Å². The summed E-state index contributed by atoms with van der Waals surface area (Å²) in [6.45, 7) is 2.43. The van der Waals surface area contributed by atoms with E-state index in [1.807, 2.05) is 11.9 Å². The lowest BCUT2D eigenvalue weighted by Crippen LogP contribution is -2.35. The van der Waals surface area contributed by atoms with Gasteiger partial charge in [0.15, 0.2) is 0 Å². The summed E-state index contributed by atoms with van der Waals surface area (Å²) in [4.78, 5) is 13.6. The second-order valence-corrected chi connectivity index (χ2v) is 4.89. The molecule has 0 aromatic carbocycles. The standard InChI is InChI=1S/C12H22N2O2/c1-14(9-11-3-2-8-16-11)12(15)6-7-13-10-4-5-10/h10-11,13H,2-9H2,1H3. The van der Waals surface area contributed by atoms with E-state index in [0.717, 1.165) is 32.5 Å². The quantitative estimate of drug-likeness (QED) is 0.727. The van der Waals surface area contributed by atoms with Gasteiger partial charge in [-0.25, -0.2) is 0 Å². The predicted molar refractivity (Wildman–Crippen MR) is 62.3 cm³/mol. The van der Waals surface area contributed by atoms with E-state index < -0.39 is 0 Å². The Morgan fingerprint density at radius 3 is 2.88 bits per heavy atom. The van der Waals surface area contributed by atoms with E-state index in [1.165, 1.54) is 12.8 Å². The summed E-state index contributed by atoms with van der Waals surface area (Å²) in [6, 6.07) is 0.691. The number of likely N-dealkylation sites (N-methyl/N-ethyl adjacent to an activating group) is 1. The first kappa shape index (κ1) is 11.9. The summed E-state index contributed by atoms with van der Waals surface area (Å²) in [7, 11) is 1.88. The van der Waals surface area contributed by atoms with Crippen molar-refractivity contribution in [2.24, 2.45) is 0 Å². The Morgan fingerprint density at radius 2 is 2.25 bits per heavy atom. The molecule has 2 fully saturated rings. The monoisotopic (exact) mass is 226 g/mol. The number of hydrogen-bond acceptors (Lipinski definition) is 3. The summed E-state index contributed by atoms with van der Waals surface area (Å²) < 4.78 is 5.52. The highest BCUT2D eigenvalue weighted by Crippen LogP contribution is 2.18. The predicted octanol–water partition coefficient (Wildman–Crippen LogP) is 0.766. The highest BCUT2D eigenvalue weighted by Gasteiger charge is 2.22. The Labute approximate surface area is 97.3 Å². The van der Waals surface area contributed by atoms with E-state index >= 15 is 0 Å². The molecule has 1 heterocycles. The normalized spacial score (nSPS) is 24.7. The van der Waals surface area contributed by atoms with E-state index in [0.29, 0.717) is 12.5 Å². The van der Waals surface area contributed by atoms with Gasteiger partial charge in [-0.3, -0.25) is 4.79 Å². The Bertz CT molecular complexity index is 235. The first-order chi connectivity index (χ1) is 7.75. The summed E-state index contributed by atoms with van der Waals surface area (Å²) in [6.07, 6.45) is 5.67. The fraction of sp³-hybridized carbons (Fsp3) is 0.917. The third kappa shape index (κ3) is 3.76. The zero-order valence-electron chi connectivity index (χ0n) is 10.1. The topological polar surface area (TPSA) is 41.6 Å². The van der Waals surface area contributed by atoms with Crippen molar-refractivity contribution in [1.29, 1.82) is 0 Å². The summed E-state index contributed by atoms with van der Waals surface area (Å²) in [5.41, 5.74) is 0. The van der Waals surface area contributed by atoms with Gasteiger partial charge in [-0.1, -0.05) is 0 Å². The number of rotatable bonds is 6. The molecule has 1 amide bonds. The molecule has 92 valence electrons. The number of amides is 1. The van der Waals surface area contributed by atoms with Crippen LogP contribution in [0.2, 0.25) is 0 Å². The van der Waals surface area contributed by atoms with Gasteiger partial charge in [0, 0.05) is 39.2 Å². The number of nitrogens with one attached hydrogen (secondary N) is 1. The molecule has 0 radical (unpaired) electrons. The Balaban J connectivity index is 1.58. The number of nitrogens with zero attached hydrogens (tertiary/aromatic N) is 1. The van der Waals surface area contributed by atoms with Gasteiger partial charge in [0.25, 0.3) is 0 Å². The van der Waals surface area contributed by atoms with Gasteiger partial charge in [0.2, 0.25) is 5.91 Å². The lowest BCUT2D eigenvalue weighted by atomic mass is 10.2. The molecular weight excluding hydrogens is 204 g/mol. The van der Waals surface area contributed by atoms with Gasteiger partial charge in [-0.05, 0) is 25.7 Å². The van der Waals surface area contributed by atoms with Gasteiger partial charge in [-0.2, -0.15) is 0 Å². The minimum absolute atomic E-state index is 0.226. The molecule has 4 heteroatoms. The molecule has 0 bridgehead atoms. The molecule has 1 N–H and O–H groups in total. The van der Waals surface area contributed by atoms with Crippen LogP contribution in [0, 0.1) is 0 Å². The van der Waals surface area contributed by atoms with Crippen LogP contribution >= 0.6 is 0 Å². The van der Waals surface area contributed by atoms with E-state index in [4.69, 9.17) is 4.74 Å². The second kappa shape index (κ2) is 5.64. The molecule has 16 heavy (non-hydrogen) atoms. The lowest BCUT2D eigenvalue weighted by Gasteiger charge is -2.20. The fourth-order valence-corrected chi connectivity index (χ4v) is 2.06. The van der Waals surface area contributed by atoms with Crippen molar-refractivity contribution in [2.45, 2.75) is 44.2 Å². The average molecular weight is 226 g/mol. The van der Waals surface area contributed by atoms with Crippen LogP contribution in [0.4, 0.5) is 0 Å². The van der Waals surface area contributed by atoms with Crippen LogP contribution < -0.4 is 5.32 Å². The van der Waals surface area contributed by atoms with E-state index in [-0.39, 0.29) is 12.0 Å². The van der Waals surface area contributed by atoms with Crippen molar-refractivity contribution >= 4 is 5.91 Å². The highest BCUT2D eigenvalue weighted by molar-refractivity contribution is 5.76. The van der Waals surface area contributed by atoms with Gasteiger partial charge in [-0.15, -0.1) is 0 Å². The third-order valence-corrected chi connectivity index (χ3v) is 3.28. The third-order valence-electron chi connectivity index (χ3n) is 3.28. The van der Waals surface area contributed by atoms with Crippen molar-refractivity contribution in [3.05, 3.63) is 0 Å². The molecule has 1 saturated heterocycles. The average Bonchev–Trinajstić information content (AvgIpc) is 2.95. The number of ether oxygens (including phenoxy) is 1. The molecule has 0 aromatic rings. The van der Waals surface area contributed by atoms with Crippen molar-refractivity contribution in [3.63, 3.8) is 0 Å².